The summed E-state index contributed by atoms with van der Waals surface area (Å²) in [6, 6.07) is 4.92. The Bertz CT molecular complexity index is 592. The lowest BCUT2D eigenvalue weighted by atomic mass is 10.2. The number of hydrogen-bond acceptors (Lipinski definition) is 2. The van der Waals surface area contributed by atoms with E-state index < -0.39 is 11.6 Å². The van der Waals surface area contributed by atoms with E-state index in [4.69, 9.17) is 11.6 Å². The average molecular weight is 267 g/mol. The first-order valence-corrected chi connectivity index (χ1v) is 6.00. The van der Waals surface area contributed by atoms with Crippen LogP contribution < -0.4 is 0 Å². The van der Waals surface area contributed by atoms with Gasteiger partial charge in [-0.1, -0.05) is 11.6 Å². The van der Waals surface area contributed by atoms with Gasteiger partial charge in [-0.25, -0.2) is 18.7 Å². The highest BCUT2D eigenvalue weighted by molar-refractivity contribution is 6.29. The van der Waals surface area contributed by atoms with E-state index in [-0.39, 0.29) is 5.82 Å². The van der Waals surface area contributed by atoms with Crippen molar-refractivity contribution in [3.8, 4) is 11.4 Å². The van der Waals surface area contributed by atoms with Gasteiger partial charge in [0.15, 0.2) is 5.82 Å². The second-order valence-electron chi connectivity index (χ2n) is 4.37. The summed E-state index contributed by atoms with van der Waals surface area (Å²) in [5.74, 6) is -0.631. The van der Waals surface area contributed by atoms with E-state index in [1.807, 2.05) is 0 Å². The van der Waals surface area contributed by atoms with E-state index in [1.165, 1.54) is 12.1 Å². The van der Waals surface area contributed by atoms with Gasteiger partial charge in [0.25, 0.3) is 0 Å². The maximum Gasteiger partial charge on any atom is 0.161 e. The Labute approximate surface area is 108 Å². The number of nitrogens with zero attached hydrogens (tertiary/aromatic N) is 2. The molecule has 0 amide bonds. The highest BCUT2D eigenvalue weighted by atomic mass is 35.5. The molecule has 1 fully saturated rings. The Hall–Kier alpha value is -1.55. The second-order valence-corrected chi connectivity index (χ2v) is 4.76. The number of halogens is 3. The number of hydrogen-bond donors (Lipinski definition) is 0. The lowest BCUT2D eigenvalue weighted by Crippen LogP contribution is -1.96. The van der Waals surface area contributed by atoms with Gasteiger partial charge in [0, 0.05) is 23.2 Å². The Morgan fingerprint density at radius 2 is 1.67 bits per heavy atom. The number of rotatable bonds is 2. The fourth-order valence-electron chi connectivity index (χ4n) is 1.84. The molecule has 0 aliphatic heterocycles. The van der Waals surface area contributed by atoms with Crippen molar-refractivity contribution in [3.05, 3.63) is 46.7 Å². The molecule has 1 heterocycles. The zero-order valence-electron chi connectivity index (χ0n) is 9.33. The summed E-state index contributed by atoms with van der Waals surface area (Å²) in [6.07, 6.45) is 2.15. The summed E-state index contributed by atoms with van der Waals surface area (Å²) < 4.78 is 26.3. The van der Waals surface area contributed by atoms with Crippen molar-refractivity contribution in [1.29, 1.82) is 0 Å². The molecule has 1 aliphatic carbocycles. The summed E-state index contributed by atoms with van der Waals surface area (Å²) >= 11 is 5.91. The first-order valence-electron chi connectivity index (χ1n) is 5.63. The summed E-state index contributed by atoms with van der Waals surface area (Å²) in [5, 5.41) is 0.298. The largest absolute Gasteiger partial charge is 0.233 e. The predicted octanol–water partition coefficient (Wildman–Crippen LogP) is 3.95. The van der Waals surface area contributed by atoms with Gasteiger partial charge in [-0.2, -0.15) is 0 Å². The van der Waals surface area contributed by atoms with Gasteiger partial charge in [0.05, 0.1) is 0 Å². The molecule has 1 aromatic carbocycles. The van der Waals surface area contributed by atoms with Gasteiger partial charge in [0.1, 0.15) is 16.8 Å². The van der Waals surface area contributed by atoms with Crippen LogP contribution in [0.4, 0.5) is 8.78 Å². The van der Waals surface area contributed by atoms with Crippen LogP contribution in [0.3, 0.4) is 0 Å². The van der Waals surface area contributed by atoms with Gasteiger partial charge in [0.2, 0.25) is 0 Å². The van der Waals surface area contributed by atoms with Crippen LogP contribution in [0.5, 0.6) is 0 Å². The molecule has 92 valence electrons. The third kappa shape index (κ3) is 2.34. The Kier molecular flexibility index (Phi) is 2.74. The molecule has 18 heavy (non-hydrogen) atoms. The molecule has 0 N–H and O–H groups in total. The van der Waals surface area contributed by atoms with Crippen LogP contribution in [-0.2, 0) is 0 Å². The van der Waals surface area contributed by atoms with E-state index in [0.717, 1.165) is 24.6 Å². The van der Waals surface area contributed by atoms with E-state index in [9.17, 15) is 8.78 Å². The van der Waals surface area contributed by atoms with Crippen molar-refractivity contribution in [2.24, 2.45) is 0 Å². The molecule has 0 spiro atoms. The minimum atomic E-state index is -0.651. The fourth-order valence-corrected chi connectivity index (χ4v) is 2.03. The predicted molar refractivity (Wildman–Crippen MR) is 64.4 cm³/mol. The first kappa shape index (κ1) is 11.5. The fraction of sp³-hybridized carbons (Fsp3) is 0.231. The molecule has 2 aromatic rings. The van der Waals surface area contributed by atoms with E-state index in [1.54, 1.807) is 6.07 Å². The zero-order chi connectivity index (χ0) is 12.7. The summed E-state index contributed by atoms with van der Waals surface area (Å²) in [6.45, 7) is 0. The van der Waals surface area contributed by atoms with Crippen molar-refractivity contribution in [3.63, 3.8) is 0 Å². The van der Waals surface area contributed by atoms with Gasteiger partial charge < -0.3 is 0 Å². The monoisotopic (exact) mass is 266 g/mol. The van der Waals surface area contributed by atoms with E-state index in [2.05, 4.69) is 9.97 Å². The second kappa shape index (κ2) is 4.28. The van der Waals surface area contributed by atoms with Crippen LogP contribution >= 0.6 is 11.6 Å². The minimum Gasteiger partial charge on any atom is -0.233 e. The van der Waals surface area contributed by atoms with Crippen LogP contribution in [-0.4, -0.2) is 9.97 Å². The van der Waals surface area contributed by atoms with Gasteiger partial charge >= 0.3 is 0 Å². The summed E-state index contributed by atoms with van der Waals surface area (Å²) in [7, 11) is 0. The van der Waals surface area contributed by atoms with Crippen molar-refractivity contribution >= 4 is 11.6 Å². The molecule has 1 saturated carbocycles. The topological polar surface area (TPSA) is 25.8 Å². The molecule has 3 rings (SSSR count). The Morgan fingerprint density at radius 3 is 2.28 bits per heavy atom. The molecule has 0 atom stereocenters. The highest BCUT2D eigenvalue weighted by Gasteiger charge is 2.26. The van der Waals surface area contributed by atoms with E-state index in [0.29, 0.717) is 16.6 Å². The van der Waals surface area contributed by atoms with Crippen molar-refractivity contribution in [2.45, 2.75) is 18.8 Å². The molecule has 5 heteroatoms. The Balaban J connectivity index is 2.09. The molecular formula is C13H9ClF2N2. The minimum absolute atomic E-state index is 0.266. The van der Waals surface area contributed by atoms with Crippen LogP contribution in [0.15, 0.2) is 24.3 Å². The standard InChI is InChI=1S/C13H9ClF2N2/c14-12-6-11(7-1-2-7)17-13(18-12)8-3-9(15)5-10(16)4-8/h3-7H,1-2H2. The highest BCUT2D eigenvalue weighted by Crippen LogP contribution is 2.40. The molecule has 0 unspecified atom stereocenters. The van der Waals surface area contributed by atoms with Gasteiger partial charge in [-0.15, -0.1) is 0 Å². The third-order valence-electron chi connectivity index (χ3n) is 2.83. The molecule has 1 aliphatic rings. The zero-order valence-corrected chi connectivity index (χ0v) is 10.1. The van der Waals surface area contributed by atoms with Crippen LogP contribution in [0.1, 0.15) is 24.5 Å². The molecular weight excluding hydrogens is 258 g/mol. The molecule has 0 saturated heterocycles. The molecule has 2 nitrogen and oxygen atoms in total. The third-order valence-corrected chi connectivity index (χ3v) is 3.02. The molecule has 1 aromatic heterocycles. The number of aromatic nitrogens is 2. The SMILES string of the molecule is Fc1cc(F)cc(-c2nc(Cl)cc(C3CC3)n2)c1. The van der Waals surface area contributed by atoms with Gasteiger partial charge in [-0.05, 0) is 31.0 Å². The van der Waals surface area contributed by atoms with Crippen molar-refractivity contribution in [1.82, 2.24) is 9.97 Å². The normalized spacial score (nSPS) is 14.8. The quantitative estimate of drug-likeness (QED) is 0.769. The smallest absolute Gasteiger partial charge is 0.161 e. The Morgan fingerprint density at radius 1 is 1.00 bits per heavy atom. The van der Waals surface area contributed by atoms with E-state index >= 15 is 0 Å². The average Bonchev–Trinajstić information content (AvgIpc) is 3.10. The number of benzene rings is 1. The van der Waals surface area contributed by atoms with Crippen LogP contribution in [0, 0.1) is 11.6 Å². The van der Waals surface area contributed by atoms with Crippen LogP contribution in [0.2, 0.25) is 5.15 Å². The lowest BCUT2D eigenvalue weighted by Gasteiger charge is -2.04. The van der Waals surface area contributed by atoms with Gasteiger partial charge in [-0.3, -0.25) is 0 Å². The first-order chi connectivity index (χ1) is 8.61. The summed E-state index contributed by atoms with van der Waals surface area (Å²) in [5.41, 5.74) is 1.14. The molecule has 0 bridgehead atoms. The maximum absolute atomic E-state index is 13.2. The molecule has 0 radical (unpaired) electrons. The summed E-state index contributed by atoms with van der Waals surface area (Å²) in [4.78, 5) is 8.34. The van der Waals surface area contributed by atoms with Crippen molar-refractivity contribution < 1.29 is 8.78 Å². The van der Waals surface area contributed by atoms with Crippen LogP contribution in [0.25, 0.3) is 11.4 Å². The van der Waals surface area contributed by atoms with Crippen molar-refractivity contribution in [2.75, 3.05) is 0 Å². The maximum atomic E-state index is 13.2. The lowest BCUT2D eigenvalue weighted by molar-refractivity contribution is 0.584.